The number of benzene rings is 4. The van der Waals surface area contributed by atoms with Gasteiger partial charge in [-0.05, 0) is 36.0 Å². The Balaban J connectivity index is 0.000000806. The van der Waals surface area contributed by atoms with Gasteiger partial charge >= 0.3 is 35.0 Å². The predicted octanol–water partition coefficient (Wildman–Crippen LogP) is 6.57. The van der Waals surface area contributed by atoms with Crippen molar-refractivity contribution in [2.24, 2.45) is 4.99 Å². The van der Waals surface area contributed by atoms with E-state index in [0.717, 1.165) is 5.69 Å². The molecule has 0 saturated heterocycles. The molecule has 0 aliphatic heterocycles. The van der Waals surface area contributed by atoms with Crippen molar-refractivity contribution in [3.63, 3.8) is 0 Å². The molecular weight excluding hydrogens is 523 g/mol. The van der Waals surface area contributed by atoms with E-state index in [1.165, 1.54) is 21.5 Å². The van der Waals surface area contributed by atoms with Gasteiger partial charge in [-0.25, -0.2) is 0 Å². The second kappa shape index (κ2) is 12.8. The predicted molar refractivity (Wildman–Crippen MR) is 131 cm³/mol. The van der Waals surface area contributed by atoms with E-state index in [1.54, 1.807) is 0 Å². The van der Waals surface area contributed by atoms with Gasteiger partial charge < -0.3 is 0 Å². The van der Waals surface area contributed by atoms with E-state index in [-0.39, 0.29) is 15.9 Å². The molecule has 0 N–H and O–H groups in total. The summed E-state index contributed by atoms with van der Waals surface area (Å²) in [6.45, 7) is 0. The Labute approximate surface area is 195 Å². The SMILES string of the molecule is C(=Nc1ccccc1)c1ccccc1P(c1ccccc1)c1ccccc1.[Cl][Pd][Cl]. The molecule has 154 valence electrons. The van der Waals surface area contributed by atoms with Crippen LogP contribution in [0.5, 0.6) is 0 Å². The fourth-order valence-electron chi connectivity index (χ4n) is 3.04. The molecule has 0 aromatic heterocycles. The zero-order valence-electron chi connectivity index (χ0n) is 16.0. The van der Waals surface area contributed by atoms with Crippen molar-refractivity contribution in [1.29, 1.82) is 0 Å². The number of hydrogen-bond donors (Lipinski definition) is 0. The number of halogens is 2. The molecule has 30 heavy (non-hydrogen) atoms. The quantitative estimate of drug-likeness (QED) is 0.154. The fourth-order valence-corrected chi connectivity index (χ4v) is 5.46. The minimum atomic E-state index is -0.638. The van der Waals surface area contributed by atoms with Crippen molar-refractivity contribution in [1.82, 2.24) is 0 Å². The number of nitrogens with zero attached hydrogens (tertiary/aromatic N) is 1. The first-order valence-corrected chi connectivity index (χ1v) is 14.6. The Hall–Kier alpha value is -1.78. The fraction of sp³-hybridized carbons (Fsp3) is 0. The van der Waals surface area contributed by atoms with Gasteiger partial charge in [-0.15, -0.1) is 0 Å². The van der Waals surface area contributed by atoms with Crippen LogP contribution in [0.15, 0.2) is 120 Å². The van der Waals surface area contributed by atoms with E-state index in [0.29, 0.717) is 0 Å². The van der Waals surface area contributed by atoms with E-state index in [1.807, 2.05) is 36.5 Å². The van der Waals surface area contributed by atoms with E-state index >= 15 is 0 Å². The van der Waals surface area contributed by atoms with Crippen LogP contribution in [0.25, 0.3) is 0 Å². The van der Waals surface area contributed by atoms with Crippen molar-refractivity contribution in [2.75, 3.05) is 0 Å². The van der Waals surface area contributed by atoms with E-state index in [9.17, 15) is 0 Å². The average Bonchev–Trinajstić information content (AvgIpc) is 2.81. The first kappa shape index (κ1) is 22.9. The Bertz CT molecular complexity index is 1000. The summed E-state index contributed by atoms with van der Waals surface area (Å²) in [4.78, 5) is 4.69. The molecule has 0 aliphatic carbocycles. The molecule has 4 rings (SSSR count). The zero-order valence-corrected chi connectivity index (χ0v) is 20.0. The van der Waals surface area contributed by atoms with Gasteiger partial charge in [-0.3, -0.25) is 4.99 Å². The van der Waals surface area contributed by atoms with E-state index in [2.05, 4.69) is 84.9 Å². The van der Waals surface area contributed by atoms with Gasteiger partial charge in [0.05, 0.1) is 5.69 Å². The molecule has 4 aromatic rings. The first-order valence-electron chi connectivity index (χ1n) is 9.24. The molecule has 5 heteroatoms. The van der Waals surface area contributed by atoms with Crippen LogP contribution in [0.3, 0.4) is 0 Å². The second-order valence-corrected chi connectivity index (χ2v) is 10.7. The second-order valence-electron chi connectivity index (χ2n) is 6.20. The normalized spacial score (nSPS) is 10.8. The standard InChI is InChI=1S/C25H20NP.2ClH.Pd/c1-4-13-22(14-5-1)26-20-21-12-10-11-19-25(21)27(23-15-6-2-7-16-23)24-17-8-3-9-18-24;;;/h1-20H;2*1H;/q;;;+2/p-2. The van der Waals surface area contributed by atoms with Gasteiger partial charge in [0.25, 0.3) is 0 Å². The summed E-state index contributed by atoms with van der Waals surface area (Å²) in [7, 11) is 8.99. The molecule has 0 fully saturated rings. The van der Waals surface area contributed by atoms with Crippen molar-refractivity contribution in [2.45, 2.75) is 0 Å². The Morgan fingerprint density at radius 3 is 1.57 bits per heavy atom. The molecule has 0 amide bonds. The molecule has 0 atom stereocenters. The summed E-state index contributed by atoms with van der Waals surface area (Å²) >= 11 is -0.106. The molecule has 1 nitrogen and oxygen atoms in total. The number of rotatable bonds is 5. The molecule has 4 aromatic carbocycles. The van der Waals surface area contributed by atoms with Crippen LogP contribution in [0, 0.1) is 0 Å². The molecule has 0 heterocycles. The summed E-state index contributed by atoms with van der Waals surface area (Å²) < 4.78 is 0. The number of hydrogen-bond acceptors (Lipinski definition) is 1. The maximum absolute atomic E-state index is 4.81. The third-order valence-electron chi connectivity index (χ3n) is 4.32. The molecule has 0 radical (unpaired) electrons. The van der Waals surface area contributed by atoms with Crippen LogP contribution < -0.4 is 15.9 Å². The third-order valence-corrected chi connectivity index (χ3v) is 6.83. The van der Waals surface area contributed by atoms with Crippen LogP contribution in [-0.4, -0.2) is 6.21 Å². The summed E-state index contributed by atoms with van der Waals surface area (Å²) in [5.74, 6) is 0. The zero-order chi connectivity index (χ0) is 21.0. The Morgan fingerprint density at radius 2 is 1.03 bits per heavy atom. The topological polar surface area (TPSA) is 12.4 Å². The van der Waals surface area contributed by atoms with Crippen LogP contribution in [0.2, 0.25) is 0 Å². The van der Waals surface area contributed by atoms with Gasteiger partial charge in [0.2, 0.25) is 0 Å². The summed E-state index contributed by atoms with van der Waals surface area (Å²) in [6, 6.07) is 40.2. The molecule has 0 unspecified atom stereocenters. The van der Waals surface area contributed by atoms with Gasteiger partial charge in [0, 0.05) is 11.8 Å². The molecule has 0 saturated carbocycles. The molecular formula is C25H20Cl2NPPd. The molecule has 0 bridgehead atoms. The van der Waals surface area contributed by atoms with Crippen molar-refractivity contribution in [3.8, 4) is 0 Å². The van der Waals surface area contributed by atoms with Gasteiger partial charge in [0.15, 0.2) is 0 Å². The van der Waals surface area contributed by atoms with Crippen LogP contribution in [0.1, 0.15) is 5.56 Å². The molecule has 0 aliphatic rings. The summed E-state index contributed by atoms with van der Waals surface area (Å²) in [6.07, 6.45) is 1.99. The van der Waals surface area contributed by atoms with E-state index in [4.69, 9.17) is 24.1 Å². The molecule has 0 spiro atoms. The maximum atomic E-state index is 4.81. The van der Waals surface area contributed by atoms with Gasteiger partial charge in [0.1, 0.15) is 0 Å². The monoisotopic (exact) mass is 541 g/mol. The Kier molecular flexibility index (Phi) is 9.78. The van der Waals surface area contributed by atoms with Crippen molar-refractivity contribution < 1.29 is 15.9 Å². The summed E-state index contributed by atoms with van der Waals surface area (Å²) in [5, 5.41) is 4.02. The summed E-state index contributed by atoms with van der Waals surface area (Å²) in [5.41, 5.74) is 2.14. The van der Waals surface area contributed by atoms with Gasteiger partial charge in [-0.2, -0.15) is 0 Å². The number of para-hydroxylation sites is 1. The number of aliphatic imine (C=N–C) groups is 1. The van der Waals surface area contributed by atoms with Crippen molar-refractivity contribution >= 4 is 54.8 Å². The van der Waals surface area contributed by atoms with Crippen LogP contribution >= 0.6 is 27.0 Å². The van der Waals surface area contributed by atoms with Crippen molar-refractivity contribution in [3.05, 3.63) is 121 Å². The minimum absolute atomic E-state index is 0.106. The third kappa shape index (κ3) is 6.61. The van der Waals surface area contributed by atoms with Crippen LogP contribution in [-0.2, 0) is 15.9 Å². The van der Waals surface area contributed by atoms with Crippen LogP contribution in [0.4, 0.5) is 5.69 Å². The van der Waals surface area contributed by atoms with E-state index < -0.39 is 7.92 Å². The average molecular weight is 543 g/mol. The van der Waals surface area contributed by atoms with Gasteiger partial charge in [-0.1, -0.05) is 103 Å². The first-order chi connectivity index (χ1) is 14.8. The Morgan fingerprint density at radius 1 is 0.600 bits per heavy atom.